The molecule has 2 N–H and O–H groups in total. The number of benzene rings is 1. The summed E-state index contributed by atoms with van der Waals surface area (Å²) < 4.78 is 12.7. The third kappa shape index (κ3) is 4.59. The molecule has 2 aromatic heterocycles. The zero-order valence-electron chi connectivity index (χ0n) is 19.5. The number of aryl methyl sites for hydroxylation is 1. The third-order valence-electron chi connectivity index (χ3n) is 6.11. The Bertz CT molecular complexity index is 1270. The maximum atomic E-state index is 13.3. The SMILES string of the molecule is CC[C@@H](C)[C@H](NC(=O)c1cn(CC)c2cc3c(cc2c1=O)OCO3)C(=O)NCc1ccccn1. The highest BCUT2D eigenvalue weighted by molar-refractivity contribution is 6.00. The molecule has 9 heteroatoms. The van der Waals surface area contributed by atoms with Crippen molar-refractivity contribution in [2.24, 2.45) is 5.92 Å². The van der Waals surface area contributed by atoms with Gasteiger partial charge < -0.3 is 24.7 Å². The highest BCUT2D eigenvalue weighted by atomic mass is 16.7. The van der Waals surface area contributed by atoms with Gasteiger partial charge in [0.05, 0.1) is 23.1 Å². The summed E-state index contributed by atoms with van der Waals surface area (Å²) in [5.74, 6) is -0.0300. The Morgan fingerprint density at radius 1 is 1.18 bits per heavy atom. The Kier molecular flexibility index (Phi) is 6.81. The van der Waals surface area contributed by atoms with Crippen molar-refractivity contribution in [3.8, 4) is 11.5 Å². The van der Waals surface area contributed by atoms with Crippen LogP contribution >= 0.6 is 0 Å². The summed E-state index contributed by atoms with van der Waals surface area (Å²) in [4.78, 5) is 43.7. The van der Waals surface area contributed by atoms with Crippen LogP contribution < -0.4 is 25.5 Å². The number of ether oxygens (including phenoxy) is 2. The van der Waals surface area contributed by atoms with Crippen LogP contribution in [0.1, 0.15) is 43.2 Å². The van der Waals surface area contributed by atoms with Crippen LogP contribution in [0.3, 0.4) is 0 Å². The van der Waals surface area contributed by atoms with Crippen LogP contribution in [0.5, 0.6) is 11.5 Å². The van der Waals surface area contributed by atoms with Crippen molar-refractivity contribution in [1.82, 2.24) is 20.2 Å². The molecule has 0 aliphatic carbocycles. The topological polar surface area (TPSA) is 112 Å². The zero-order valence-corrected chi connectivity index (χ0v) is 19.5. The Morgan fingerprint density at radius 3 is 2.62 bits per heavy atom. The molecule has 34 heavy (non-hydrogen) atoms. The van der Waals surface area contributed by atoms with Gasteiger partial charge in [-0.05, 0) is 31.0 Å². The standard InChI is InChI=1S/C25H28N4O5/c1-4-15(3)22(25(32)27-12-16-8-6-7-9-26-16)28-24(31)18-13-29(5-2)19-11-21-20(33-14-34-21)10-17(19)23(18)30/h6-11,13,15,22H,4-5,12,14H2,1-3H3,(H,27,32)(H,28,31)/t15-,22+/m1/s1. The first kappa shape index (κ1) is 23.3. The molecule has 178 valence electrons. The minimum atomic E-state index is -0.803. The van der Waals surface area contributed by atoms with Crippen LogP contribution in [0, 0.1) is 5.92 Å². The number of rotatable bonds is 8. The largest absolute Gasteiger partial charge is 0.454 e. The van der Waals surface area contributed by atoms with Gasteiger partial charge in [0.2, 0.25) is 18.1 Å². The highest BCUT2D eigenvalue weighted by Crippen LogP contribution is 2.35. The second-order valence-electron chi connectivity index (χ2n) is 8.26. The summed E-state index contributed by atoms with van der Waals surface area (Å²) in [6, 6.07) is 8.00. The Labute approximate surface area is 197 Å². The van der Waals surface area contributed by atoms with E-state index in [0.717, 1.165) is 0 Å². The van der Waals surface area contributed by atoms with Crippen molar-refractivity contribution in [2.45, 2.75) is 46.3 Å². The number of carbonyl (C=O) groups excluding carboxylic acids is 2. The van der Waals surface area contributed by atoms with E-state index in [4.69, 9.17) is 9.47 Å². The molecule has 1 aliphatic heterocycles. The van der Waals surface area contributed by atoms with E-state index in [1.807, 2.05) is 37.5 Å². The molecular formula is C25H28N4O5. The lowest BCUT2D eigenvalue weighted by atomic mass is 9.97. The van der Waals surface area contributed by atoms with Crippen LogP contribution in [0.15, 0.2) is 47.5 Å². The Hall–Kier alpha value is -3.88. The van der Waals surface area contributed by atoms with Gasteiger partial charge in [0, 0.05) is 25.0 Å². The highest BCUT2D eigenvalue weighted by Gasteiger charge is 2.28. The lowest BCUT2D eigenvalue weighted by Gasteiger charge is -2.23. The number of hydrogen-bond acceptors (Lipinski definition) is 6. The van der Waals surface area contributed by atoms with Gasteiger partial charge in [-0.1, -0.05) is 26.3 Å². The average Bonchev–Trinajstić information content (AvgIpc) is 3.33. The Balaban J connectivity index is 1.61. The van der Waals surface area contributed by atoms with Crippen LogP contribution in [-0.4, -0.2) is 34.2 Å². The summed E-state index contributed by atoms with van der Waals surface area (Å²) >= 11 is 0. The van der Waals surface area contributed by atoms with E-state index in [2.05, 4.69) is 15.6 Å². The molecule has 0 radical (unpaired) electrons. The fourth-order valence-corrected chi connectivity index (χ4v) is 3.91. The molecule has 3 aromatic rings. The Morgan fingerprint density at radius 2 is 1.94 bits per heavy atom. The number of fused-ring (bicyclic) bond motifs is 2. The molecule has 0 fully saturated rings. The minimum Gasteiger partial charge on any atom is -0.454 e. The van der Waals surface area contributed by atoms with E-state index in [0.29, 0.717) is 41.1 Å². The molecule has 0 unspecified atom stereocenters. The van der Waals surface area contributed by atoms with Crippen LogP contribution in [0.25, 0.3) is 10.9 Å². The van der Waals surface area contributed by atoms with Crippen molar-refractivity contribution in [2.75, 3.05) is 6.79 Å². The predicted molar refractivity (Wildman–Crippen MR) is 127 cm³/mol. The van der Waals surface area contributed by atoms with Gasteiger partial charge in [-0.3, -0.25) is 19.4 Å². The van der Waals surface area contributed by atoms with Crippen molar-refractivity contribution in [3.63, 3.8) is 0 Å². The van der Waals surface area contributed by atoms with E-state index < -0.39 is 17.4 Å². The van der Waals surface area contributed by atoms with Crippen molar-refractivity contribution in [1.29, 1.82) is 0 Å². The predicted octanol–water partition coefficient (Wildman–Crippen LogP) is 2.61. The number of hydrogen-bond donors (Lipinski definition) is 2. The molecule has 0 saturated carbocycles. The fourth-order valence-electron chi connectivity index (χ4n) is 3.91. The number of nitrogens with zero attached hydrogens (tertiary/aromatic N) is 2. The first-order valence-corrected chi connectivity index (χ1v) is 11.4. The van der Waals surface area contributed by atoms with E-state index in [9.17, 15) is 14.4 Å². The average molecular weight is 465 g/mol. The summed E-state index contributed by atoms with van der Waals surface area (Å²) in [6.07, 6.45) is 3.85. The summed E-state index contributed by atoms with van der Waals surface area (Å²) in [5.41, 5.74) is 0.912. The molecule has 9 nitrogen and oxygen atoms in total. The molecule has 0 bridgehead atoms. The first-order valence-electron chi connectivity index (χ1n) is 11.4. The van der Waals surface area contributed by atoms with Gasteiger partial charge in [0.1, 0.15) is 11.6 Å². The second kappa shape index (κ2) is 9.94. The van der Waals surface area contributed by atoms with Crippen molar-refractivity contribution in [3.05, 3.63) is 64.2 Å². The van der Waals surface area contributed by atoms with Gasteiger partial charge in [-0.15, -0.1) is 0 Å². The van der Waals surface area contributed by atoms with Gasteiger partial charge in [0.25, 0.3) is 5.91 Å². The maximum absolute atomic E-state index is 13.3. The third-order valence-corrected chi connectivity index (χ3v) is 6.11. The van der Waals surface area contributed by atoms with E-state index in [1.54, 1.807) is 24.4 Å². The number of carbonyl (C=O) groups is 2. The van der Waals surface area contributed by atoms with Crippen LogP contribution in [0.2, 0.25) is 0 Å². The van der Waals surface area contributed by atoms with Crippen LogP contribution in [0.4, 0.5) is 0 Å². The number of nitrogens with one attached hydrogen (secondary N) is 2. The number of aromatic nitrogens is 2. The van der Waals surface area contributed by atoms with Crippen molar-refractivity contribution < 1.29 is 19.1 Å². The van der Waals surface area contributed by atoms with E-state index in [-0.39, 0.29) is 30.7 Å². The van der Waals surface area contributed by atoms with Crippen LogP contribution in [-0.2, 0) is 17.9 Å². The number of amides is 2. The molecular weight excluding hydrogens is 436 g/mol. The molecule has 1 aromatic carbocycles. The second-order valence-corrected chi connectivity index (χ2v) is 8.26. The quantitative estimate of drug-likeness (QED) is 0.530. The van der Waals surface area contributed by atoms with E-state index >= 15 is 0 Å². The normalized spacial score (nSPS) is 14.0. The van der Waals surface area contributed by atoms with Crippen molar-refractivity contribution >= 4 is 22.7 Å². The van der Waals surface area contributed by atoms with Gasteiger partial charge >= 0.3 is 0 Å². The zero-order chi connectivity index (χ0) is 24.2. The maximum Gasteiger partial charge on any atom is 0.257 e. The molecule has 0 spiro atoms. The molecule has 3 heterocycles. The molecule has 2 amide bonds. The lowest BCUT2D eigenvalue weighted by molar-refractivity contribution is -0.124. The van der Waals surface area contributed by atoms with Gasteiger partial charge in [0.15, 0.2) is 11.5 Å². The first-order chi connectivity index (χ1) is 16.4. The summed E-state index contributed by atoms with van der Waals surface area (Å²) in [5, 5.41) is 5.98. The minimum absolute atomic E-state index is 0.0287. The number of pyridine rings is 2. The van der Waals surface area contributed by atoms with Gasteiger partial charge in [-0.2, -0.15) is 0 Å². The van der Waals surface area contributed by atoms with Gasteiger partial charge in [-0.25, -0.2) is 0 Å². The molecule has 4 rings (SSSR count). The lowest BCUT2D eigenvalue weighted by Crippen LogP contribution is -2.50. The smallest absolute Gasteiger partial charge is 0.257 e. The van der Waals surface area contributed by atoms with E-state index in [1.165, 1.54) is 6.20 Å². The molecule has 1 aliphatic rings. The molecule has 2 atom stereocenters. The fraction of sp³-hybridized carbons (Fsp3) is 0.360. The monoisotopic (exact) mass is 464 g/mol. The summed E-state index contributed by atoms with van der Waals surface area (Å²) in [7, 11) is 0. The molecule has 0 saturated heterocycles. The summed E-state index contributed by atoms with van der Waals surface area (Å²) in [6.45, 7) is 6.62.